The quantitative estimate of drug-likeness (QED) is 0.464. The number of halogens is 1. The van der Waals surface area contributed by atoms with E-state index in [2.05, 4.69) is 9.97 Å². The summed E-state index contributed by atoms with van der Waals surface area (Å²) in [6.07, 6.45) is 0. The molecule has 0 saturated heterocycles. The SMILES string of the molecule is Cc1[nH]c([N+](=O)[O-])nc1I. The van der Waals surface area contributed by atoms with Crippen molar-refractivity contribution >= 4 is 28.5 Å². The molecule has 0 amide bonds. The highest BCUT2D eigenvalue weighted by Crippen LogP contribution is 2.11. The minimum atomic E-state index is -0.546. The first kappa shape index (κ1) is 7.45. The second kappa shape index (κ2) is 2.52. The van der Waals surface area contributed by atoms with Gasteiger partial charge in [0.2, 0.25) is 3.70 Å². The van der Waals surface area contributed by atoms with Gasteiger partial charge in [0.1, 0.15) is 5.69 Å². The number of H-pyrrole nitrogens is 1. The molecule has 0 aliphatic carbocycles. The maximum absolute atomic E-state index is 10.1. The number of imidazole rings is 1. The highest BCUT2D eigenvalue weighted by atomic mass is 127. The molecule has 1 N–H and O–H groups in total. The molecule has 0 aromatic carbocycles. The summed E-state index contributed by atoms with van der Waals surface area (Å²) in [6.45, 7) is 1.74. The fraction of sp³-hybridized carbons (Fsp3) is 0.250. The summed E-state index contributed by atoms with van der Waals surface area (Å²) in [5.74, 6) is -0.193. The van der Waals surface area contributed by atoms with Crippen LogP contribution in [0.3, 0.4) is 0 Å². The molecular weight excluding hydrogens is 249 g/mol. The molecule has 6 heteroatoms. The number of aromatic amines is 1. The van der Waals surface area contributed by atoms with Crippen LogP contribution in [0.4, 0.5) is 5.95 Å². The number of rotatable bonds is 1. The molecule has 0 unspecified atom stereocenters. The zero-order valence-electron chi connectivity index (χ0n) is 5.09. The summed E-state index contributed by atoms with van der Waals surface area (Å²) in [6, 6.07) is 0. The fourth-order valence-corrected chi connectivity index (χ4v) is 0.874. The van der Waals surface area contributed by atoms with E-state index in [1.807, 2.05) is 22.6 Å². The van der Waals surface area contributed by atoms with Crippen molar-refractivity contribution in [1.29, 1.82) is 0 Å². The van der Waals surface area contributed by atoms with Gasteiger partial charge in [0.05, 0.1) is 0 Å². The number of nitrogens with one attached hydrogen (secondary N) is 1. The van der Waals surface area contributed by atoms with Crippen LogP contribution < -0.4 is 0 Å². The smallest absolute Gasteiger partial charge is 0.390 e. The van der Waals surface area contributed by atoms with E-state index in [-0.39, 0.29) is 5.95 Å². The lowest BCUT2D eigenvalue weighted by Crippen LogP contribution is -1.89. The summed E-state index contributed by atoms with van der Waals surface area (Å²) in [7, 11) is 0. The van der Waals surface area contributed by atoms with Crippen molar-refractivity contribution in [2.75, 3.05) is 0 Å². The molecule has 54 valence electrons. The Morgan fingerprint density at radius 2 is 2.40 bits per heavy atom. The molecule has 0 spiro atoms. The summed E-state index contributed by atoms with van der Waals surface area (Å²) in [5, 5.41) is 10.1. The van der Waals surface area contributed by atoms with E-state index in [0.29, 0.717) is 3.70 Å². The Morgan fingerprint density at radius 3 is 2.60 bits per heavy atom. The number of nitro groups is 1. The Balaban J connectivity index is 3.10. The van der Waals surface area contributed by atoms with E-state index in [1.165, 1.54) is 0 Å². The third-order valence-electron chi connectivity index (χ3n) is 0.986. The van der Waals surface area contributed by atoms with Gasteiger partial charge in [0.15, 0.2) is 0 Å². The van der Waals surface area contributed by atoms with E-state index < -0.39 is 4.92 Å². The first-order valence-corrected chi connectivity index (χ1v) is 3.55. The van der Waals surface area contributed by atoms with Crippen LogP contribution in [0.25, 0.3) is 0 Å². The van der Waals surface area contributed by atoms with Crippen molar-refractivity contribution in [2.24, 2.45) is 0 Å². The van der Waals surface area contributed by atoms with Crippen molar-refractivity contribution in [3.05, 3.63) is 19.5 Å². The average molecular weight is 253 g/mol. The maximum atomic E-state index is 10.1. The number of aromatic nitrogens is 2. The molecule has 0 aliphatic heterocycles. The molecule has 0 saturated carbocycles. The normalized spacial score (nSPS) is 9.80. The number of aryl methyl sites for hydroxylation is 1. The summed E-state index contributed by atoms with van der Waals surface area (Å²) >= 11 is 1.93. The van der Waals surface area contributed by atoms with Crippen LogP contribution in [-0.4, -0.2) is 14.9 Å². The van der Waals surface area contributed by atoms with Crippen LogP contribution in [0.15, 0.2) is 0 Å². The molecule has 5 nitrogen and oxygen atoms in total. The highest BCUT2D eigenvalue weighted by molar-refractivity contribution is 14.1. The first-order chi connectivity index (χ1) is 4.61. The van der Waals surface area contributed by atoms with Gasteiger partial charge in [-0.05, 0) is 11.8 Å². The summed E-state index contributed by atoms with van der Waals surface area (Å²) in [5.41, 5.74) is 0.729. The van der Waals surface area contributed by atoms with Crippen molar-refractivity contribution in [2.45, 2.75) is 6.92 Å². The van der Waals surface area contributed by atoms with Crippen LogP contribution in [0, 0.1) is 20.7 Å². The molecule has 0 atom stereocenters. The highest BCUT2D eigenvalue weighted by Gasteiger charge is 2.13. The lowest BCUT2D eigenvalue weighted by Gasteiger charge is -1.84. The van der Waals surface area contributed by atoms with Crippen LogP contribution in [0.2, 0.25) is 0 Å². The van der Waals surface area contributed by atoms with Gasteiger partial charge in [-0.15, -0.1) is 0 Å². The predicted octanol–water partition coefficient (Wildman–Crippen LogP) is 1.23. The zero-order valence-corrected chi connectivity index (χ0v) is 7.25. The van der Waals surface area contributed by atoms with Crippen LogP contribution >= 0.6 is 22.6 Å². The minimum Gasteiger partial charge on any atom is -0.390 e. The first-order valence-electron chi connectivity index (χ1n) is 2.47. The number of hydrogen-bond donors (Lipinski definition) is 1. The molecule has 0 radical (unpaired) electrons. The molecule has 0 fully saturated rings. The van der Waals surface area contributed by atoms with Gasteiger partial charge in [0.25, 0.3) is 0 Å². The third-order valence-corrected chi connectivity index (χ3v) is 2.04. The molecular formula is C4H4IN3O2. The third kappa shape index (κ3) is 1.25. The zero-order chi connectivity index (χ0) is 7.72. The van der Waals surface area contributed by atoms with Crippen LogP contribution in [-0.2, 0) is 0 Å². The lowest BCUT2D eigenvalue weighted by molar-refractivity contribution is -0.393. The van der Waals surface area contributed by atoms with E-state index in [0.717, 1.165) is 5.69 Å². The second-order valence-corrected chi connectivity index (χ2v) is 2.76. The Morgan fingerprint density at radius 1 is 1.80 bits per heavy atom. The molecule has 0 aliphatic rings. The van der Waals surface area contributed by atoms with Crippen molar-refractivity contribution in [1.82, 2.24) is 9.97 Å². The van der Waals surface area contributed by atoms with Crippen molar-refractivity contribution in [3.8, 4) is 0 Å². The van der Waals surface area contributed by atoms with E-state index >= 15 is 0 Å². The lowest BCUT2D eigenvalue weighted by atomic mass is 10.6. The summed E-state index contributed by atoms with van der Waals surface area (Å²) < 4.78 is 0.643. The molecule has 0 bridgehead atoms. The molecule has 1 aromatic heterocycles. The van der Waals surface area contributed by atoms with Crippen LogP contribution in [0.1, 0.15) is 5.69 Å². The van der Waals surface area contributed by atoms with Gasteiger partial charge in [-0.2, -0.15) is 0 Å². The molecule has 1 rings (SSSR count). The number of hydrogen-bond acceptors (Lipinski definition) is 3. The largest absolute Gasteiger partial charge is 0.433 e. The van der Waals surface area contributed by atoms with E-state index in [9.17, 15) is 10.1 Å². The van der Waals surface area contributed by atoms with Gasteiger partial charge in [-0.25, -0.2) is 4.98 Å². The van der Waals surface area contributed by atoms with Gasteiger partial charge < -0.3 is 10.1 Å². The Hall–Kier alpha value is -0.660. The van der Waals surface area contributed by atoms with E-state index in [4.69, 9.17) is 0 Å². The minimum absolute atomic E-state index is 0.193. The van der Waals surface area contributed by atoms with Crippen LogP contribution in [0.5, 0.6) is 0 Å². The van der Waals surface area contributed by atoms with Gasteiger partial charge in [-0.3, -0.25) is 0 Å². The van der Waals surface area contributed by atoms with Crippen molar-refractivity contribution in [3.63, 3.8) is 0 Å². The molecule has 1 aromatic rings. The number of nitrogens with zero attached hydrogens (tertiary/aromatic N) is 2. The average Bonchev–Trinajstić information content (AvgIpc) is 2.13. The fourth-order valence-electron chi connectivity index (χ4n) is 0.511. The van der Waals surface area contributed by atoms with Crippen molar-refractivity contribution < 1.29 is 4.92 Å². The second-order valence-electron chi connectivity index (χ2n) is 1.73. The maximum Gasteiger partial charge on any atom is 0.433 e. The predicted molar refractivity (Wildman–Crippen MR) is 42.7 cm³/mol. The van der Waals surface area contributed by atoms with E-state index in [1.54, 1.807) is 6.92 Å². The van der Waals surface area contributed by atoms with Gasteiger partial charge >= 0.3 is 5.95 Å². The van der Waals surface area contributed by atoms with Gasteiger partial charge in [-0.1, -0.05) is 4.98 Å². The standard InChI is InChI=1S/C4H4IN3O2/c1-2-3(5)7-4(6-2)8(9)10/h1H3,(H,6,7). The molecule has 1 heterocycles. The van der Waals surface area contributed by atoms with Gasteiger partial charge in [0, 0.05) is 22.6 Å². The summed E-state index contributed by atoms with van der Waals surface area (Å²) in [4.78, 5) is 15.7. The Kier molecular flexibility index (Phi) is 1.88. The molecule has 10 heavy (non-hydrogen) atoms. The topological polar surface area (TPSA) is 71.8 Å². The Bertz CT molecular complexity index is 250. The monoisotopic (exact) mass is 253 g/mol. The Labute approximate surface area is 70.1 Å².